The van der Waals surface area contributed by atoms with Crippen molar-refractivity contribution in [1.29, 1.82) is 0 Å². The van der Waals surface area contributed by atoms with Crippen LogP contribution < -0.4 is 10.6 Å². The van der Waals surface area contributed by atoms with Gasteiger partial charge in [-0.3, -0.25) is 24.3 Å². The highest BCUT2D eigenvalue weighted by molar-refractivity contribution is 6.75. The van der Waals surface area contributed by atoms with Gasteiger partial charge in [-0.05, 0) is 118 Å². The van der Waals surface area contributed by atoms with Crippen LogP contribution in [0.1, 0.15) is 303 Å². The van der Waals surface area contributed by atoms with E-state index >= 15 is 0 Å². The Morgan fingerprint density at radius 3 is 0.733 bits per heavy atom. The van der Waals surface area contributed by atoms with E-state index in [0.717, 1.165) is 77.8 Å². The molecule has 0 aromatic heterocycles. The molecule has 0 fully saturated rings. The van der Waals surface area contributed by atoms with Gasteiger partial charge < -0.3 is 28.3 Å². The first-order valence-corrected chi connectivity index (χ1v) is 49.8. The summed E-state index contributed by atoms with van der Waals surface area (Å²) in [6.45, 7) is 63.7. The summed E-state index contributed by atoms with van der Waals surface area (Å²) in [7, 11) is -6.32. The van der Waals surface area contributed by atoms with E-state index in [2.05, 4.69) is 184 Å². The van der Waals surface area contributed by atoms with Crippen LogP contribution in [-0.2, 0) is 27.3 Å². The third-order valence-electron chi connectivity index (χ3n) is 21.2. The average molecular weight is 1340 g/mol. The van der Waals surface area contributed by atoms with E-state index in [4.69, 9.17) is 17.7 Å². The summed E-state index contributed by atoms with van der Waals surface area (Å²) in [5, 5.41) is 7.01. The summed E-state index contributed by atoms with van der Waals surface area (Å²) in [4.78, 5) is 34.5. The first kappa shape index (κ1) is 89.5. The Labute approximate surface area is 567 Å². The number of carbonyl (C=O) groups is 2. The summed E-state index contributed by atoms with van der Waals surface area (Å²) in [5.41, 5.74) is 0. The second kappa shape index (κ2) is 46.7. The maximum Gasteiger partial charge on any atom is 0.234 e. The fourth-order valence-corrected chi connectivity index (χ4v) is 16.6. The number of nitrogens with one attached hydrogen (secondary N) is 2. The van der Waals surface area contributed by atoms with Crippen LogP contribution in [0.15, 0.2) is 0 Å². The molecule has 0 radical (unpaired) electrons. The molecule has 0 heterocycles. The van der Waals surface area contributed by atoms with E-state index in [1.54, 1.807) is 0 Å². The predicted molar refractivity (Wildman–Crippen MR) is 406 cm³/mol. The topological polar surface area (TPSA) is 105 Å². The average Bonchev–Trinajstić information content (AvgIpc) is 2.38. The molecule has 4 unspecified atom stereocenters. The van der Waals surface area contributed by atoms with E-state index < -0.39 is 33.3 Å². The molecule has 11 nitrogen and oxygen atoms in total. The van der Waals surface area contributed by atoms with Crippen LogP contribution in [0.5, 0.6) is 0 Å². The third-order valence-corrected chi connectivity index (χ3v) is 39.3. The number of hydrogen-bond donors (Lipinski definition) is 2. The zero-order valence-corrected chi connectivity index (χ0v) is 69.4. The molecule has 538 valence electrons. The maximum atomic E-state index is 13.7. The van der Waals surface area contributed by atoms with Crippen LogP contribution in [0.4, 0.5) is 0 Å². The van der Waals surface area contributed by atoms with E-state index in [1.807, 2.05) is 11.9 Å². The van der Waals surface area contributed by atoms with Gasteiger partial charge in [-0.1, -0.05) is 265 Å². The predicted octanol–water partition coefficient (Wildman–Crippen LogP) is 21.1. The van der Waals surface area contributed by atoms with Gasteiger partial charge in [0.05, 0.1) is 37.5 Å². The number of rotatable bonds is 56. The highest BCUT2D eigenvalue weighted by atomic mass is 28.4. The molecule has 2 N–H and O–H groups in total. The molecule has 90 heavy (non-hydrogen) atoms. The molecule has 0 saturated carbocycles. The quantitative estimate of drug-likeness (QED) is 0.0455. The number of nitrogens with zero attached hydrogens (tertiary/aromatic N) is 3. The van der Waals surface area contributed by atoms with Crippen molar-refractivity contribution in [3.8, 4) is 0 Å². The lowest BCUT2D eigenvalue weighted by Gasteiger charge is -2.42. The van der Waals surface area contributed by atoms with Gasteiger partial charge in [-0.15, -0.1) is 0 Å². The van der Waals surface area contributed by atoms with Crippen molar-refractivity contribution in [2.75, 3.05) is 72.5 Å². The van der Waals surface area contributed by atoms with E-state index in [1.165, 1.54) is 154 Å². The van der Waals surface area contributed by atoms with Crippen LogP contribution >= 0.6 is 0 Å². The van der Waals surface area contributed by atoms with Crippen LogP contribution in [0, 0.1) is 0 Å². The van der Waals surface area contributed by atoms with E-state index in [-0.39, 0.29) is 69.5 Å². The van der Waals surface area contributed by atoms with Crippen molar-refractivity contribution in [2.45, 2.75) is 400 Å². The maximum absolute atomic E-state index is 13.7. The zero-order chi connectivity index (χ0) is 68.7. The smallest absolute Gasteiger partial charge is 0.234 e. The second-order valence-electron chi connectivity index (χ2n) is 34.3. The number of carbonyl (C=O) groups excluding carboxylic acids is 2. The number of amides is 2. The second-order valence-corrected chi connectivity index (χ2v) is 53.4. The molecule has 0 aromatic carbocycles. The Kier molecular flexibility index (Phi) is 46.4. The molecule has 4 atom stereocenters. The van der Waals surface area contributed by atoms with E-state index in [0.29, 0.717) is 13.1 Å². The largest absolute Gasteiger partial charge is 0.413 e. The molecule has 0 aliphatic carbocycles. The van der Waals surface area contributed by atoms with Crippen molar-refractivity contribution in [1.82, 2.24) is 25.3 Å². The number of unbranched alkanes of at least 4 members (excludes halogenated alkanes) is 20. The molecule has 0 aromatic rings. The summed E-state index contributed by atoms with van der Waals surface area (Å²) in [6, 6.07) is 0. The molecule has 0 spiro atoms. The molecular weight excluding hydrogens is 1180 g/mol. The summed E-state index contributed by atoms with van der Waals surface area (Å²) < 4.78 is 29.5. The summed E-state index contributed by atoms with van der Waals surface area (Å²) in [5.74, 6) is -0.0782. The lowest BCUT2D eigenvalue weighted by molar-refractivity contribution is -0.124. The molecule has 0 saturated heterocycles. The van der Waals surface area contributed by atoms with Gasteiger partial charge in [0.2, 0.25) is 11.8 Å². The van der Waals surface area contributed by atoms with Crippen LogP contribution in [0.25, 0.3) is 0 Å². The van der Waals surface area contributed by atoms with Crippen molar-refractivity contribution in [3.05, 3.63) is 0 Å². The SMILES string of the molecule is CCCCCCCCC(CN(CCCNC(=O)CN(C)CC(=O)NCCCN(CC(CCCCCCCC)O[Si](C)(C)C(C)(C)C)CC(CCCCCCCC)O[Si](C)(C)C(C)(C)C)CC(CCCCCCCC)O[Si](C)(C)C(C)(C)C)O[Si](C)(C)C(C)(C)C. The van der Waals surface area contributed by atoms with Crippen molar-refractivity contribution in [2.24, 2.45) is 0 Å². The van der Waals surface area contributed by atoms with Gasteiger partial charge in [0.25, 0.3) is 0 Å². The fraction of sp³-hybridized carbons (Fsp3) is 0.973. The van der Waals surface area contributed by atoms with Crippen LogP contribution in [0.3, 0.4) is 0 Å². The molecular formula is C75H161N5O6Si4. The highest BCUT2D eigenvalue weighted by Gasteiger charge is 2.43. The summed E-state index contributed by atoms with van der Waals surface area (Å²) >= 11 is 0. The Hall–Kier alpha value is -0.472. The lowest BCUT2D eigenvalue weighted by atomic mass is 10.1. The van der Waals surface area contributed by atoms with Crippen LogP contribution in [-0.4, -0.2) is 157 Å². The minimum Gasteiger partial charge on any atom is -0.413 e. The third kappa shape index (κ3) is 41.6. The Morgan fingerprint density at radius 1 is 0.333 bits per heavy atom. The first-order chi connectivity index (χ1) is 41.8. The fourth-order valence-electron chi connectivity index (χ4n) is 11.1. The Morgan fingerprint density at radius 2 is 0.533 bits per heavy atom. The normalized spacial score (nSPS) is 14.9. The van der Waals surface area contributed by atoms with Gasteiger partial charge >= 0.3 is 0 Å². The Balaban J connectivity index is 6.42. The number of likely N-dealkylation sites (N-methyl/N-ethyl adjacent to an activating group) is 1. The van der Waals surface area contributed by atoms with Gasteiger partial charge in [0.1, 0.15) is 0 Å². The monoisotopic (exact) mass is 1340 g/mol. The van der Waals surface area contributed by atoms with Gasteiger partial charge in [-0.25, -0.2) is 0 Å². The zero-order valence-electron chi connectivity index (χ0n) is 65.4. The van der Waals surface area contributed by atoms with Crippen molar-refractivity contribution in [3.63, 3.8) is 0 Å². The lowest BCUT2D eigenvalue weighted by Crippen LogP contribution is -2.50. The minimum absolute atomic E-state index is 0.0391. The minimum atomic E-state index is -2.05. The molecule has 0 bridgehead atoms. The standard InChI is InChI=1S/C75H161N5O6Si4/c1-26-30-34-38-42-46-52-66(83-87(18,19)72(5,6)7)60-79(61-67(53-47-43-39-35-31-27-2)84-88(20,21)73(8,9)10)58-50-56-76-70(81)64-78(17)65-71(82)77-57-51-59-80(62-68(54-48-44-40-36-32-28-3)85-89(22,23)74(11,12)13)63-69(55-49-45-41-37-33-29-4)86-90(24,25)75(14,15)16/h66-69H,26-65H2,1-25H3,(H,76,81)(H,77,82). The highest BCUT2D eigenvalue weighted by Crippen LogP contribution is 2.42. The van der Waals surface area contributed by atoms with Crippen molar-refractivity contribution >= 4 is 45.1 Å². The van der Waals surface area contributed by atoms with E-state index in [9.17, 15) is 9.59 Å². The molecule has 0 aliphatic heterocycles. The number of hydrogen-bond acceptors (Lipinski definition) is 9. The molecule has 15 heteroatoms. The van der Waals surface area contributed by atoms with Gasteiger partial charge in [0, 0.05) is 52.4 Å². The Bertz CT molecular complexity index is 1570. The van der Waals surface area contributed by atoms with Crippen LogP contribution in [0.2, 0.25) is 72.5 Å². The van der Waals surface area contributed by atoms with Gasteiger partial charge in [-0.2, -0.15) is 0 Å². The molecule has 0 aliphatic rings. The first-order valence-electron chi connectivity index (χ1n) is 38.2. The molecule has 2 amide bonds. The molecule has 0 rings (SSSR count). The van der Waals surface area contributed by atoms with Gasteiger partial charge in [0.15, 0.2) is 33.3 Å². The summed E-state index contributed by atoms with van der Waals surface area (Å²) in [6.07, 6.45) is 37.2. The van der Waals surface area contributed by atoms with Crippen molar-refractivity contribution < 1.29 is 27.3 Å².